The van der Waals surface area contributed by atoms with Gasteiger partial charge in [-0.3, -0.25) is 9.36 Å². The van der Waals surface area contributed by atoms with E-state index in [9.17, 15) is 9.59 Å². The third-order valence-corrected chi connectivity index (χ3v) is 5.13. The van der Waals surface area contributed by atoms with Gasteiger partial charge in [0.15, 0.2) is 0 Å². The van der Waals surface area contributed by atoms with E-state index < -0.39 is 0 Å². The zero-order chi connectivity index (χ0) is 17.7. The number of aromatic nitrogens is 2. The largest absolute Gasteiger partial charge is 0.459 e. The summed E-state index contributed by atoms with van der Waals surface area (Å²) in [5.41, 5.74) is 0.617. The number of carbonyl (C=O) groups excluding carboxylic acids is 1. The molecule has 0 aliphatic rings. The molecular formula is C18H26N2O3S. The number of nitrogens with zero attached hydrogens (tertiary/aromatic N) is 2. The Morgan fingerprint density at radius 3 is 2.67 bits per heavy atom. The van der Waals surface area contributed by atoms with Gasteiger partial charge in [0.05, 0.1) is 17.8 Å². The van der Waals surface area contributed by atoms with Crippen molar-refractivity contribution in [1.82, 2.24) is 9.55 Å². The summed E-state index contributed by atoms with van der Waals surface area (Å²) < 4.78 is 6.91. The summed E-state index contributed by atoms with van der Waals surface area (Å²) in [5.74, 6) is -0.379. The highest BCUT2D eigenvalue weighted by molar-refractivity contribution is 7.20. The Morgan fingerprint density at radius 2 is 2.00 bits per heavy atom. The van der Waals surface area contributed by atoms with Crippen molar-refractivity contribution in [2.45, 2.75) is 72.4 Å². The second kappa shape index (κ2) is 8.42. The van der Waals surface area contributed by atoms with Crippen molar-refractivity contribution in [3.63, 3.8) is 0 Å². The van der Waals surface area contributed by atoms with Gasteiger partial charge in [0.25, 0.3) is 5.56 Å². The van der Waals surface area contributed by atoms with Gasteiger partial charge in [0.2, 0.25) is 0 Å². The first kappa shape index (κ1) is 18.6. The molecule has 5 nitrogen and oxygen atoms in total. The Kier molecular flexibility index (Phi) is 6.54. The Morgan fingerprint density at radius 1 is 1.29 bits per heavy atom. The number of aryl methyl sites for hydroxylation is 2. The Labute approximate surface area is 146 Å². The third-order valence-electron chi connectivity index (χ3n) is 3.95. The van der Waals surface area contributed by atoms with Crippen molar-refractivity contribution in [3.8, 4) is 0 Å². The van der Waals surface area contributed by atoms with E-state index in [2.05, 4.69) is 11.9 Å². The van der Waals surface area contributed by atoms with Gasteiger partial charge in [-0.15, -0.1) is 11.3 Å². The van der Waals surface area contributed by atoms with E-state index in [0.717, 1.165) is 12.8 Å². The van der Waals surface area contributed by atoms with Crippen molar-refractivity contribution in [1.29, 1.82) is 0 Å². The molecule has 24 heavy (non-hydrogen) atoms. The number of rotatable bonds is 8. The molecule has 0 fully saturated rings. The van der Waals surface area contributed by atoms with Crippen LogP contribution in [-0.2, 0) is 11.3 Å². The Bertz CT molecular complexity index is 761. The molecule has 0 spiro atoms. The summed E-state index contributed by atoms with van der Waals surface area (Å²) in [4.78, 5) is 30.3. The molecular weight excluding hydrogens is 324 g/mol. The van der Waals surface area contributed by atoms with Crippen LogP contribution in [0.4, 0.5) is 0 Å². The maximum absolute atomic E-state index is 12.7. The van der Waals surface area contributed by atoms with E-state index in [1.54, 1.807) is 17.8 Å². The normalized spacial score (nSPS) is 11.4. The minimum Gasteiger partial charge on any atom is -0.459 e. The monoisotopic (exact) mass is 350 g/mol. The van der Waals surface area contributed by atoms with E-state index in [1.807, 2.05) is 13.8 Å². The molecule has 0 saturated heterocycles. The molecule has 2 heterocycles. The third kappa shape index (κ3) is 4.23. The highest BCUT2D eigenvalue weighted by Crippen LogP contribution is 2.27. The number of hydrogen-bond donors (Lipinski definition) is 0. The van der Waals surface area contributed by atoms with Crippen LogP contribution < -0.4 is 5.56 Å². The van der Waals surface area contributed by atoms with Crippen molar-refractivity contribution in [2.75, 3.05) is 0 Å². The van der Waals surface area contributed by atoms with Gasteiger partial charge in [-0.1, -0.05) is 32.6 Å². The molecule has 132 valence electrons. The van der Waals surface area contributed by atoms with Crippen LogP contribution >= 0.6 is 11.3 Å². The molecule has 0 radical (unpaired) electrons. The van der Waals surface area contributed by atoms with Crippen molar-refractivity contribution in [2.24, 2.45) is 0 Å². The number of thiophene rings is 1. The first-order valence-corrected chi connectivity index (χ1v) is 9.46. The summed E-state index contributed by atoms with van der Waals surface area (Å²) in [6.07, 6.45) is 7.14. The molecule has 0 aliphatic carbocycles. The molecule has 2 rings (SSSR count). The molecule has 0 amide bonds. The summed E-state index contributed by atoms with van der Waals surface area (Å²) in [5, 5.41) is 0.548. The molecule has 0 bridgehead atoms. The Hall–Kier alpha value is -1.69. The van der Waals surface area contributed by atoms with E-state index in [1.165, 1.54) is 30.6 Å². The van der Waals surface area contributed by atoms with Gasteiger partial charge in [-0.25, -0.2) is 9.78 Å². The number of fused-ring (bicyclic) bond motifs is 1. The Balaban J connectivity index is 2.23. The van der Waals surface area contributed by atoms with Crippen LogP contribution in [0.2, 0.25) is 0 Å². The van der Waals surface area contributed by atoms with E-state index in [0.29, 0.717) is 27.2 Å². The molecule has 0 unspecified atom stereocenters. The van der Waals surface area contributed by atoms with E-state index >= 15 is 0 Å². The predicted molar refractivity (Wildman–Crippen MR) is 97.9 cm³/mol. The second-order valence-corrected chi connectivity index (χ2v) is 7.35. The maximum atomic E-state index is 12.7. The first-order chi connectivity index (χ1) is 11.5. The SMILES string of the molecule is CCCCCCCn1cnc2sc(C(=O)OC(C)C)c(C)c2c1=O. The van der Waals surface area contributed by atoms with Gasteiger partial charge in [0.1, 0.15) is 9.71 Å². The van der Waals surface area contributed by atoms with Crippen LogP contribution in [0.15, 0.2) is 11.1 Å². The van der Waals surface area contributed by atoms with Crippen LogP contribution in [-0.4, -0.2) is 21.6 Å². The topological polar surface area (TPSA) is 61.2 Å². The van der Waals surface area contributed by atoms with Crippen molar-refractivity contribution < 1.29 is 9.53 Å². The van der Waals surface area contributed by atoms with Crippen LogP contribution in [0.3, 0.4) is 0 Å². The van der Waals surface area contributed by atoms with Crippen molar-refractivity contribution >= 4 is 27.5 Å². The van der Waals surface area contributed by atoms with Crippen LogP contribution in [0, 0.1) is 6.92 Å². The average Bonchev–Trinajstić information content (AvgIpc) is 2.86. The number of hydrogen-bond acceptors (Lipinski definition) is 5. The van der Waals surface area contributed by atoms with E-state index in [4.69, 9.17) is 4.74 Å². The van der Waals surface area contributed by atoms with Crippen molar-refractivity contribution in [3.05, 3.63) is 27.1 Å². The minimum atomic E-state index is -0.379. The van der Waals surface area contributed by atoms with Gasteiger partial charge in [-0.2, -0.15) is 0 Å². The van der Waals surface area contributed by atoms with Crippen LogP contribution in [0.1, 0.15) is 68.1 Å². The van der Waals surface area contributed by atoms with Gasteiger partial charge in [0, 0.05) is 6.54 Å². The van der Waals surface area contributed by atoms with Gasteiger partial charge < -0.3 is 4.74 Å². The van der Waals surface area contributed by atoms with Gasteiger partial charge >= 0.3 is 5.97 Å². The van der Waals surface area contributed by atoms with E-state index in [-0.39, 0.29) is 17.6 Å². The summed E-state index contributed by atoms with van der Waals surface area (Å²) in [6, 6.07) is 0. The molecule has 0 aromatic carbocycles. The molecule has 2 aromatic rings. The fraction of sp³-hybridized carbons (Fsp3) is 0.611. The summed E-state index contributed by atoms with van der Waals surface area (Å²) >= 11 is 1.23. The molecule has 0 atom stereocenters. The standard InChI is InChI=1S/C18H26N2O3S/c1-5-6-7-8-9-10-20-11-19-16-14(17(20)21)13(4)15(24-16)18(22)23-12(2)3/h11-12H,5-10H2,1-4H3. The molecule has 6 heteroatoms. The van der Waals surface area contributed by atoms with Gasteiger partial charge in [-0.05, 0) is 32.8 Å². The lowest BCUT2D eigenvalue weighted by Crippen LogP contribution is -2.20. The summed E-state index contributed by atoms with van der Waals surface area (Å²) in [6.45, 7) is 8.27. The highest BCUT2D eigenvalue weighted by Gasteiger charge is 2.21. The predicted octanol–water partition coefficient (Wildman–Crippen LogP) is 4.30. The lowest BCUT2D eigenvalue weighted by molar-refractivity contribution is 0.0383. The first-order valence-electron chi connectivity index (χ1n) is 8.65. The fourth-order valence-corrected chi connectivity index (χ4v) is 3.69. The second-order valence-electron chi connectivity index (χ2n) is 6.35. The number of esters is 1. The molecule has 0 saturated carbocycles. The molecule has 2 aromatic heterocycles. The van der Waals surface area contributed by atoms with Crippen LogP contribution in [0.5, 0.6) is 0 Å². The zero-order valence-corrected chi connectivity index (χ0v) is 15.7. The van der Waals surface area contributed by atoms with Crippen LogP contribution in [0.25, 0.3) is 10.2 Å². The quantitative estimate of drug-likeness (QED) is 0.526. The fourth-order valence-electron chi connectivity index (χ4n) is 2.67. The lowest BCUT2D eigenvalue weighted by Gasteiger charge is -2.06. The lowest BCUT2D eigenvalue weighted by atomic mass is 10.1. The minimum absolute atomic E-state index is 0.0622. The maximum Gasteiger partial charge on any atom is 0.348 e. The molecule has 0 aliphatic heterocycles. The summed E-state index contributed by atoms with van der Waals surface area (Å²) in [7, 11) is 0. The number of carbonyl (C=O) groups is 1. The average molecular weight is 350 g/mol. The zero-order valence-electron chi connectivity index (χ0n) is 14.9. The smallest absolute Gasteiger partial charge is 0.348 e. The highest BCUT2D eigenvalue weighted by atomic mass is 32.1. The molecule has 0 N–H and O–H groups in total. The number of ether oxygens (including phenoxy) is 1. The number of unbranched alkanes of at least 4 members (excludes halogenated alkanes) is 4.